The fourth-order valence-electron chi connectivity index (χ4n) is 3.97. The van der Waals surface area contributed by atoms with E-state index in [-0.39, 0.29) is 6.10 Å². The van der Waals surface area contributed by atoms with Crippen LogP contribution in [0.3, 0.4) is 0 Å². The maximum absolute atomic E-state index is 13.2. The quantitative estimate of drug-likeness (QED) is 0.622. The Morgan fingerprint density at radius 1 is 1.03 bits per heavy atom. The van der Waals surface area contributed by atoms with E-state index in [1.807, 2.05) is 39.0 Å². The van der Waals surface area contributed by atoms with Gasteiger partial charge in [0, 0.05) is 31.5 Å². The van der Waals surface area contributed by atoms with Crippen LogP contribution in [0.1, 0.15) is 29.5 Å². The molecule has 1 fully saturated rings. The van der Waals surface area contributed by atoms with Crippen molar-refractivity contribution in [2.45, 2.75) is 44.6 Å². The number of benzene rings is 1. The van der Waals surface area contributed by atoms with Gasteiger partial charge in [-0.2, -0.15) is 9.40 Å². The van der Waals surface area contributed by atoms with Crippen LogP contribution in [0.5, 0.6) is 5.88 Å². The van der Waals surface area contributed by atoms with E-state index >= 15 is 0 Å². The van der Waals surface area contributed by atoms with E-state index in [0.717, 1.165) is 16.7 Å². The Morgan fingerprint density at radius 2 is 1.73 bits per heavy atom. The molecule has 0 saturated carbocycles. The predicted molar refractivity (Wildman–Crippen MR) is 112 cm³/mol. The lowest BCUT2D eigenvalue weighted by atomic mass is 10.1. The van der Waals surface area contributed by atoms with Crippen molar-refractivity contribution in [2.24, 2.45) is 0 Å². The average Bonchev–Trinajstić information content (AvgIpc) is 3.23. The lowest BCUT2D eigenvalue weighted by molar-refractivity contribution is 0.128. The Hall–Kier alpha value is -2.78. The second kappa shape index (κ2) is 8.16. The second-order valence-corrected chi connectivity index (χ2v) is 9.50. The highest BCUT2D eigenvalue weighted by atomic mass is 32.2. The zero-order valence-electron chi connectivity index (χ0n) is 17.3. The molecule has 0 amide bonds. The van der Waals surface area contributed by atoms with Crippen molar-refractivity contribution in [1.29, 1.82) is 0 Å². The first-order chi connectivity index (χ1) is 14.3. The van der Waals surface area contributed by atoms with E-state index in [1.165, 1.54) is 0 Å². The minimum absolute atomic E-state index is 0.0958. The first-order valence-electron chi connectivity index (χ1n) is 9.93. The largest absolute Gasteiger partial charge is 0.473 e. The Bertz CT molecular complexity index is 1100. The highest BCUT2D eigenvalue weighted by Crippen LogP contribution is 2.28. The number of hydrogen-bond donors (Lipinski definition) is 0. The molecule has 1 aliphatic heterocycles. The normalized spacial score (nSPS) is 16.0. The Labute approximate surface area is 176 Å². The third-order valence-electron chi connectivity index (χ3n) is 5.26. The van der Waals surface area contributed by atoms with Gasteiger partial charge in [-0.1, -0.05) is 17.7 Å². The number of rotatable bonds is 5. The Kier molecular flexibility index (Phi) is 5.57. The third-order valence-corrected chi connectivity index (χ3v) is 7.46. The maximum atomic E-state index is 13.2. The van der Waals surface area contributed by atoms with E-state index < -0.39 is 10.0 Å². The summed E-state index contributed by atoms with van der Waals surface area (Å²) in [6, 6.07) is 9.19. The number of sulfonamides is 1. The van der Waals surface area contributed by atoms with E-state index in [9.17, 15) is 8.42 Å². The molecule has 3 heterocycles. The number of aromatic nitrogens is 4. The maximum Gasteiger partial charge on any atom is 0.243 e. The van der Waals surface area contributed by atoms with Crippen LogP contribution in [-0.4, -0.2) is 51.9 Å². The number of hydrogen-bond acceptors (Lipinski definition) is 6. The van der Waals surface area contributed by atoms with Crippen LogP contribution >= 0.6 is 0 Å². The summed E-state index contributed by atoms with van der Waals surface area (Å²) in [4.78, 5) is 0.424. The SMILES string of the molecule is Cc1cc(C)c(S(=O)(=O)N2CCC(Oc3ccc(-n4cccn4)nn3)CC2)c(C)c1. The predicted octanol–water partition coefficient (Wildman–Crippen LogP) is 2.82. The van der Waals surface area contributed by atoms with Crippen molar-refractivity contribution in [3.05, 3.63) is 59.4 Å². The van der Waals surface area contributed by atoms with Crippen molar-refractivity contribution >= 4 is 10.0 Å². The molecule has 1 aromatic carbocycles. The van der Waals surface area contributed by atoms with Crippen LogP contribution in [0, 0.1) is 20.8 Å². The molecule has 0 atom stereocenters. The summed E-state index contributed by atoms with van der Waals surface area (Å²) in [7, 11) is -3.53. The fraction of sp³-hybridized carbons (Fsp3) is 0.381. The van der Waals surface area contributed by atoms with E-state index in [2.05, 4.69) is 15.3 Å². The van der Waals surface area contributed by atoms with E-state index in [0.29, 0.717) is 42.5 Å². The minimum Gasteiger partial charge on any atom is -0.473 e. The summed E-state index contributed by atoms with van der Waals surface area (Å²) in [5, 5.41) is 12.4. The summed E-state index contributed by atoms with van der Waals surface area (Å²) in [6.45, 7) is 6.52. The zero-order valence-corrected chi connectivity index (χ0v) is 18.1. The fourth-order valence-corrected chi connectivity index (χ4v) is 5.85. The first-order valence-corrected chi connectivity index (χ1v) is 11.4. The van der Waals surface area contributed by atoms with Gasteiger partial charge >= 0.3 is 0 Å². The molecule has 9 heteroatoms. The van der Waals surface area contributed by atoms with Gasteiger partial charge in [0.05, 0.1) is 4.90 Å². The Morgan fingerprint density at radius 3 is 2.30 bits per heavy atom. The summed E-state index contributed by atoms with van der Waals surface area (Å²) in [5.74, 6) is 1.04. The van der Waals surface area contributed by atoms with Crippen LogP contribution in [0.2, 0.25) is 0 Å². The van der Waals surface area contributed by atoms with Gasteiger partial charge in [0.15, 0.2) is 5.82 Å². The highest BCUT2D eigenvalue weighted by Gasteiger charge is 2.32. The second-order valence-electron chi connectivity index (χ2n) is 7.63. The molecule has 1 aliphatic rings. The molecule has 158 valence electrons. The van der Waals surface area contributed by atoms with Crippen molar-refractivity contribution < 1.29 is 13.2 Å². The van der Waals surface area contributed by atoms with Gasteiger partial charge in [-0.05, 0) is 56.9 Å². The van der Waals surface area contributed by atoms with Crippen molar-refractivity contribution in [3.63, 3.8) is 0 Å². The van der Waals surface area contributed by atoms with Crippen molar-refractivity contribution in [1.82, 2.24) is 24.3 Å². The van der Waals surface area contributed by atoms with Crippen LogP contribution in [-0.2, 0) is 10.0 Å². The molecule has 1 saturated heterocycles. The zero-order chi connectivity index (χ0) is 21.3. The molecule has 3 aromatic rings. The van der Waals surface area contributed by atoms with Crippen LogP contribution < -0.4 is 4.74 Å². The smallest absolute Gasteiger partial charge is 0.243 e. The molecule has 0 aliphatic carbocycles. The standard InChI is InChI=1S/C21H25N5O3S/c1-15-13-16(2)21(17(3)14-15)30(27,28)25-11-7-18(8-12-25)29-20-6-5-19(23-24-20)26-10-4-9-22-26/h4-6,9-10,13-14,18H,7-8,11-12H2,1-3H3. The van der Waals surface area contributed by atoms with Crippen LogP contribution in [0.4, 0.5) is 0 Å². The van der Waals surface area contributed by atoms with Crippen molar-refractivity contribution in [3.8, 4) is 11.7 Å². The summed E-state index contributed by atoms with van der Waals surface area (Å²) < 4.78 is 35.5. The third kappa shape index (κ3) is 4.08. The number of nitrogens with zero attached hydrogens (tertiary/aromatic N) is 5. The molecule has 0 bridgehead atoms. The number of piperidine rings is 1. The van der Waals surface area contributed by atoms with E-state index in [1.54, 1.807) is 33.5 Å². The lowest BCUT2D eigenvalue weighted by Gasteiger charge is -2.31. The molecule has 8 nitrogen and oxygen atoms in total. The minimum atomic E-state index is -3.53. The lowest BCUT2D eigenvalue weighted by Crippen LogP contribution is -2.42. The van der Waals surface area contributed by atoms with Crippen LogP contribution in [0.15, 0.2) is 47.6 Å². The van der Waals surface area contributed by atoms with E-state index in [4.69, 9.17) is 4.74 Å². The molecular weight excluding hydrogens is 402 g/mol. The molecule has 0 unspecified atom stereocenters. The molecule has 2 aromatic heterocycles. The molecule has 0 radical (unpaired) electrons. The van der Waals surface area contributed by atoms with Gasteiger partial charge in [0.25, 0.3) is 0 Å². The van der Waals surface area contributed by atoms with Gasteiger partial charge in [-0.15, -0.1) is 10.2 Å². The van der Waals surface area contributed by atoms with Gasteiger partial charge in [0.1, 0.15) is 6.10 Å². The highest BCUT2D eigenvalue weighted by molar-refractivity contribution is 7.89. The van der Waals surface area contributed by atoms with Gasteiger partial charge in [-0.25, -0.2) is 13.1 Å². The molecule has 0 spiro atoms. The number of ether oxygens (including phenoxy) is 1. The summed E-state index contributed by atoms with van der Waals surface area (Å²) in [6.07, 6.45) is 4.57. The molecule has 4 rings (SSSR count). The monoisotopic (exact) mass is 427 g/mol. The Balaban J connectivity index is 1.40. The van der Waals surface area contributed by atoms with Gasteiger partial charge in [-0.3, -0.25) is 0 Å². The van der Waals surface area contributed by atoms with Crippen molar-refractivity contribution in [2.75, 3.05) is 13.1 Å². The van der Waals surface area contributed by atoms with Gasteiger partial charge < -0.3 is 4.74 Å². The summed E-state index contributed by atoms with van der Waals surface area (Å²) in [5.41, 5.74) is 2.65. The average molecular weight is 428 g/mol. The molecule has 30 heavy (non-hydrogen) atoms. The number of aryl methyl sites for hydroxylation is 3. The summed E-state index contributed by atoms with van der Waals surface area (Å²) >= 11 is 0. The first kappa shape index (κ1) is 20.5. The molecule has 0 N–H and O–H groups in total. The van der Waals surface area contributed by atoms with Gasteiger partial charge in [0.2, 0.25) is 15.9 Å². The van der Waals surface area contributed by atoms with Crippen LogP contribution in [0.25, 0.3) is 5.82 Å². The topological polar surface area (TPSA) is 90.2 Å². The molecular formula is C21H25N5O3S.